The zero-order valence-corrected chi connectivity index (χ0v) is 15.6. The summed E-state index contributed by atoms with van der Waals surface area (Å²) in [6, 6.07) is 10.1. The van der Waals surface area contributed by atoms with E-state index >= 15 is 0 Å². The number of rotatable bonds is 2. The molecule has 0 aromatic heterocycles. The summed E-state index contributed by atoms with van der Waals surface area (Å²) in [6.07, 6.45) is 5.04. The minimum atomic E-state index is -0.464. The van der Waals surface area contributed by atoms with Crippen LogP contribution in [0.2, 0.25) is 0 Å². The van der Waals surface area contributed by atoms with Crippen molar-refractivity contribution in [1.29, 1.82) is 0 Å². The van der Waals surface area contributed by atoms with E-state index < -0.39 is 5.41 Å². The third-order valence-electron chi connectivity index (χ3n) is 6.41. The lowest BCUT2D eigenvalue weighted by Gasteiger charge is -2.43. The van der Waals surface area contributed by atoms with E-state index in [1.165, 1.54) is 0 Å². The first-order valence-electron chi connectivity index (χ1n) is 9.96. The molecule has 0 saturated carbocycles. The third kappa shape index (κ3) is 3.13. The Hall–Kier alpha value is -1.88. The fourth-order valence-electron chi connectivity index (χ4n) is 4.98. The zero-order valence-electron chi connectivity index (χ0n) is 15.6. The maximum absolute atomic E-state index is 13.6. The monoisotopic (exact) mass is 355 g/mol. The van der Waals surface area contributed by atoms with Crippen LogP contribution in [-0.2, 0) is 4.79 Å². The van der Waals surface area contributed by atoms with E-state index in [1.807, 2.05) is 35.2 Å². The number of likely N-dealkylation sites (tertiary alicyclic amines) is 1. The summed E-state index contributed by atoms with van der Waals surface area (Å²) in [7, 11) is 0. The highest BCUT2D eigenvalue weighted by Crippen LogP contribution is 2.37. The van der Waals surface area contributed by atoms with Gasteiger partial charge >= 0.3 is 0 Å². The number of carbonyl (C=O) groups is 2. The second-order valence-electron chi connectivity index (χ2n) is 8.35. The van der Waals surface area contributed by atoms with Crippen LogP contribution < -0.4 is 5.32 Å². The van der Waals surface area contributed by atoms with Gasteiger partial charge in [-0.2, -0.15) is 0 Å². The Morgan fingerprint density at radius 2 is 1.88 bits per heavy atom. The molecule has 1 N–H and O–H groups in total. The zero-order chi connectivity index (χ0) is 18.1. The van der Waals surface area contributed by atoms with E-state index in [4.69, 9.17) is 0 Å². The van der Waals surface area contributed by atoms with Crippen molar-refractivity contribution in [3.05, 3.63) is 35.9 Å². The summed E-state index contributed by atoms with van der Waals surface area (Å²) < 4.78 is 0. The molecule has 0 radical (unpaired) electrons. The van der Waals surface area contributed by atoms with Gasteiger partial charge in [-0.25, -0.2) is 0 Å². The van der Waals surface area contributed by atoms with Crippen LogP contribution in [0, 0.1) is 5.41 Å². The van der Waals surface area contributed by atoms with E-state index in [9.17, 15) is 9.59 Å². The molecular weight excluding hydrogens is 326 g/mol. The second-order valence-corrected chi connectivity index (χ2v) is 8.35. The average molecular weight is 355 g/mol. The van der Waals surface area contributed by atoms with Crippen molar-refractivity contribution in [2.45, 2.75) is 51.1 Å². The number of nitrogens with zero attached hydrogens (tertiary/aromatic N) is 2. The molecule has 2 amide bonds. The van der Waals surface area contributed by atoms with Gasteiger partial charge in [0.05, 0.1) is 5.41 Å². The van der Waals surface area contributed by atoms with Crippen LogP contribution in [0.1, 0.15) is 49.4 Å². The molecule has 5 nitrogen and oxygen atoms in total. The summed E-state index contributed by atoms with van der Waals surface area (Å²) in [5.41, 5.74) is 0.247. The molecule has 26 heavy (non-hydrogen) atoms. The summed E-state index contributed by atoms with van der Waals surface area (Å²) in [4.78, 5) is 30.5. The quantitative estimate of drug-likeness (QED) is 0.886. The topological polar surface area (TPSA) is 52.7 Å². The number of amides is 2. The molecule has 1 aromatic carbocycles. The molecule has 3 atom stereocenters. The van der Waals surface area contributed by atoms with Gasteiger partial charge in [0.25, 0.3) is 5.91 Å². The second kappa shape index (κ2) is 7.03. The van der Waals surface area contributed by atoms with Gasteiger partial charge in [-0.3, -0.25) is 9.59 Å². The van der Waals surface area contributed by atoms with Crippen molar-refractivity contribution in [2.75, 3.05) is 26.2 Å². The third-order valence-corrected chi connectivity index (χ3v) is 6.41. The van der Waals surface area contributed by atoms with Gasteiger partial charge in [-0.05, 0) is 57.7 Å². The lowest BCUT2D eigenvalue weighted by atomic mass is 9.79. The number of benzene rings is 1. The Morgan fingerprint density at radius 3 is 2.69 bits per heavy atom. The van der Waals surface area contributed by atoms with Crippen LogP contribution in [0.3, 0.4) is 0 Å². The van der Waals surface area contributed by atoms with Gasteiger partial charge in [-0.1, -0.05) is 18.2 Å². The molecule has 3 heterocycles. The number of hydrogen-bond donors (Lipinski definition) is 1. The Labute approximate surface area is 155 Å². The van der Waals surface area contributed by atoms with E-state index in [0.717, 1.165) is 51.7 Å². The van der Waals surface area contributed by atoms with Gasteiger partial charge in [-0.15, -0.1) is 0 Å². The van der Waals surface area contributed by atoms with Crippen LogP contribution in [0.4, 0.5) is 0 Å². The maximum Gasteiger partial charge on any atom is 0.253 e. The van der Waals surface area contributed by atoms with Crippen LogP contribution in [0.5, 0.6) is 0 Å². The molecule has 3 unspecified atom stereocenters. The summed E-state index contributed by atoms with van der Waals surface area (Å²) in [5, 5.41) is 3.47. The van der Waals surface area contributed by atoms with Crippen LogP contribution in [-0.4, -0.2) is 59.9 Å². The number of nitrogens with one attached hydrogen (secondary N) is 1. The highest BCUT2D eigenvalue weighted by Gasteiger charge is 2.47. The molecule has 1 aromatic rings. The normalized spacial score (nSPS) is 31.6. The van der Waals surface area contributed by atoms with E-state index in [2.05, 4.69) is 17.1 Å². The Bertz CT molecular complexity index is 663. The van der Waals surface area contributed by atoms with Crippen molar-refractivity contribution in [1.82, 2.24) is 15.1 Å². The molecule has 0 spiro atoms. The van der Waals surface area contributed by atoms with E-state index in [1.54, 1.807) is 0 Å². The highest BCUT2D eigenvalue weighted by atomic mass is 16.2. The molecule has 3 fully saturated rings. The lowest BCUT2D eigenvalue weighted by molar-refractivity contribution is -0.146. The van der Waals surface area contributed by atoms with Gasteiger partial charge in [0.15, 0.2) is 0 Å². The smallest absolute Gasteiger partial charge is 0.253 e. The SMILES string of the molecule is CC1(C(=O)N2C3CCNCC2CC3)CCCN(C(=O)c2ccccc2)C1. The van der Waals surface area contributed by atoms with Crippen molar-refractivity contribution < 1.29 is 9.59 Å². The maximum atomic E-state index is 13.6. The number of fused-ring (bicyclic) bond motifs is 2. The van der Waals surface area contributed by atoms with Crippen LogP contribution in [0.25, 0.3) is 0 Å². The first-order chi connectivity index (χ1) is 12.6. The van der Waals surface area contributed by atoms with Gasteiger partial charge in [0, 0.05) is 37.3 Å². The number of hydrogen-bond acceptors (Lipinski definition) is 3. The Morgan fingerprint density at radius 1 is 1.12 bits per heavy atom. The minimum absolute atomic E-state index is 0.0461. The average Bonchev–Trinajstić information content (AvgIpc) is 2.93. The molecule has 4 rings (SSSR count). The van der Waals surface area contributed by atoms with Gasteiger partial charge < -0.3 is 15.1 Å². The molecule has 2 bridgehead atoms. The Kier molecular flexibility index (Phi) is 4.74. The molecule has 140 valence electrons. The fourth-order valence-corrected chi connectivity index (χ4v) is 4.98. The predicted octanol–water partition coefficient (Wildman–Crippen LogP) is 2.28. The number of piperidine rings is 1. The molecule has 5 heteroatoms. The summed E-state index contributed by atoms with van der Waals surface area (Å²) >= 11 is 0. The molecule has 0 aliphatic carbocycles. The molecule has 3 aliphatic heterocycles. The number of carbonyl (C=O) groups excluding carboxylic acids is 2. The highest BCUT2D eigenvalue weighted by molar-refractivity contribution is 5.95. The van der Waals surface area contributed by atoms with Crippen molar-refractivity contribution in [3.8, 4) is 0 Å². The molecule has 3 saturated heterocycles. The molecular formula is C21H29N3O2. The molecule has 3 aliphatic rings. The summed E-state index contributed by atoms with van der Waals surface area (Å²) in [6.45, 7) is 5.25. The van der Waals surface area contributed by atoms with Gasteiger partial charge in [0.2, 0.25) is 5.91 Å². The van der Waals surface area contributed by atoms with Crippen molar-refractivity contribution >= 4 is 11.8 Å². The Balaban J connectivity index is 1.52. The van der Waals surface area contributed by atoms with Crippen LogP contribution >= 0.6 is 0 Å². The lowest BCUT2D eigenvalue weighted by Crippen LogP contribution is -2.55. The van der Waals surface area contributed by atoms with E-state index in [-0.39, 0.29) is 11.8 Å². The summed E-state index contributed by atoms with van der Waals surface area (Å²) in [5.74, 6) is 0.309. The van der Waals surface area contributed by atoms with Crippen LogP contribution in [0.15, 0.2) is 30.3 Å². The minimum Gasteiger partial charge on any atom is -0.338 e. The van der Waals surface area contributed by atoms with Crippen molar-refractivity contribution in [2.24, 2.45) is 5.41 Å². The first-order valence-corrected chi connectivity index (χ1v) is 9.96. The van der Waals surface area contributed by atoms with Gasteiger partial charge in [0.1, 0.15) is 0 Å². The first kappa shape index (κ1) is 17.5. The standard InChI is InChI=1S/C21H29N3O2/c1-21(20(26)24-17-8-9-18(24)14-22-12-10-17)11-5-13-23(15-21)19(25)16-6-3-2-4-7-16/h2-4,6-7,17-18,22H,5,8-15H2,1H3. The van der Waals surface area contributed by atoms with Crippen molar-refractivity contribution in [3.63, 3.8) is 0 Å². The van der Waals surface area contributed by atoms with E-state index in [0.29, 0.717) is 24.2 Å². The largest absolute Gasteiger partial charge is 0.338 e. The predicted molar refractivity (Wildman–Crippen MR) is 101 cm³/mol. The fraction of sp³-hybridized carbons (Fsp3) is 0.619.